The Balaban J connectivity index is 1.26. The maximum atomic E-state index is 12.9. The molecule has 2 aliphatic heterocycles. The van der Waals surface area contributed by atoms with Crippen LogP contribution in [-0.2, 0) is 16.1 Å². The predicted octanol–water partition coefficient (Wildman–Crippen LogP) is 1.49. The molecule has 0 aliphatic carbocycles. The molecule has 0 spiro atoms. The SMILES string of the molecule is O=C(CN1CCOCC1)N1CCNc2cnc(Nc3ccc(-n4ccnc4)cc3)nc2C1. The number of imidazole rings is 1. The van der Waals surface area contributed by atoms with E-state index in [0.717, 1.165) is 35.8 Å². The van der Waals surface area contributed by atoms with Crippen molar-refractivity contribution in [1.29, 1.82) is 0 Å². The van der Waals surface area contributed by atoms with Gasteiger partial charge in [-0.25, -0.2) is 15.0 Å². The van der Waals surface area contributed by atoms with Gasteiger partial charge in [0.1, 0.15) is 0 Å². The van der Waals surface area contributed by atoms with Gasteiger partial charge < -0.3 is 24.8 Å². The lowest BCUT2D eigenvalue weighted by atomic mass is 10.3. The number of nitrogens with zero attached hydrogens (tertiary/aromatic N) is 6. The molecular formula is C22H26N8O2. The van der Waals surface area contributed by atoms with Gasteiger partial charge in [-0.15, -0.1) is 0 Å². The average molecular weight is 435 g/mol. The fraction of sp³-hybridized carbons (Fsp3) is 0.364. The topological polar surface area (TPSA) is 100 Å². The minimum Gasteiger partial charge on any atom is -0.380 e. The van der Waals surface area contributed by atoms with E-state index in [1.165, 1.54) is 0 Å². The van der Waals surface area contributed by atoms with Crippen LogP contribution in [0.2, 0.25) is 0 Å². The molecule has 0 radical (unpaired) electrons. The van der Waals surface area contributed by atoms with Gasteiger partial charge in [0.15, 0.2) is 0 Å². The summed E-state index contributed by atoms with van der Waals surface area (Å²) in [5, 5.41) is 6.60. The van der Waals surface area contributed by atoms with Crippen molar-refractivity contribution < 1.29 is 9.53 Å². The van der Waals surface area contributed by atoms with Crippen molar-refractivity contribution in [3.8, 4) is 5.69 Å². The molecule has 5 rings (SSSR count). The van der Waals surface area contributed by atoms with Crippen LogP contribution < -0.4 is 10.6 Å². The van der Waals surface area contributed by atoms with Crippen LogP contribution in [0.5, 0.6) is 0 Å². The van der Waals surface area contributed by atoms with Crippen molar-refractivity contribution in [2.45, 2.75) is 6.54 Å². The number of fused-ring (bicyclic) bond motifs is 1. The number of morpholine rings is 1. The molecule has 1 amide bonds. The molecule has 1 fully saturated rings. The molecule has 10 nitrogen and oxygen atoms in total. The highest BCUT2D eigenvalue weighted by Crippen LogP contribution is 2.22. The van der Waals surface area contributed by atoms with Gasteiger partial charge in [-0.2, -0.15) is 0 Å². The summed E-state index contributed by atoms with van der Waals surface area (Å²) < 4.78 is 7.32. The number of nitrogens with one attached hydrogen (secondary N) is 2. The van der Waals surface area contributed by atoms with Gasteiger partial charge in [-0.3, -0.25) is 9.69 Å². The van der Waals surface area contributed by atoms with Gasteiger partial charge in [0.2, 0.25) is 11.9 Å². The lowest BCUT2D eigenvalue weighted by Gasteiger charge is -2.28. The number of hydrogen-bond acceptors (Lipinski definition) is 8. The molecule has 4 heterocycles. The number of aromatic nitrogens is 4. The van der Waals surface area contributed by atoms with Gasteiger partial charge in [-0.1, -0.05) is 0 Å². The van der Waals surface area contributed by atoms with Crippen molar-refractivity contribution in [3.05, 3.63) is 54.9 Å². The molecule has 2 aliphatic rings. The molecule has 0 bridgehead atoms. The average Bonchev–Trinajstić information content (AvgIpc) is 3.27. The van der Waals surface area contributed by atoms with Crippen LogP contribution in [-0.4, -0.2) is 81.2 Å². The summed E-state index contributed by atoms with van der Waals surface area (Å²) >= 11 is 0. The number of rotatable bonds is 5. The van der Waals surface area contributed by atoms with Gasteiger partial charge in [0.05, 0.1) is 50.2 Å². The Morgan fingerprint density at radius 2 is 2.00 bits per heavy atom. The van der Waals surface area contributed by atoms with Crippen molar-refractivity contribution >= 4 is 23.2 Å². The standard InChI is InChI=1S/C22H26N8O2/c31-21(15-28-9-11-32-12-10-28)29-8-6-24-19-13-25-22(27-20(19)14-29)26-17-1-3-18(4-2-17)30-7-5-23-16-30/h1-5,7,13,16,24H,6,8-12,14-15H2,(H,25,26,27). The molecule has 32 heavy (non-hydrogen) atoms. The largest absolute Gasteiger partial charge is 0.380 e. The molecule has 166 valence electrons. The first-order valence-electron chi connectivity index (χ1n) is 10.8. The van der Waals surface area contributed by atoms with E-state index in [2.05, 4.69) is 25.5 Å². The van der Waals surface area contributed by atoms with Crippen LogP contribution in [0, 0.1) is 0 Å². The van der Waals surface area contributed by atoms with E-state index < -0.39 is 0 Å². The number of anilines is 3. The van der Waals surface area contributed by atoms with Crippen molar-refractivity contribution in [3.63, 3.8) is 0 Å². The monoisotopic (exact) mass is 434 g/mol. The van der Waals surface area contributed by atoms with Crippen molar-refractivity contribution in [2.75, 3.05) is 56.6 Å². The second-order valence-corrected chi connectivity index (χ2v) is 7.83. The maximum Gasteiger partial charge on any atom is 0.237 e. The summed E-state index contributed by atoms with van der Waals surface area (Å²) in [5.74, 6) is 0.619. The fourth-order valence-corrected chi connectivity index (χ4v) is 3.85. The Kier molecular flexibility index (Phi) is 5.95. The molecule has 10 heteroatoms. The second kappa shape index (κ2) is 9.33. The molecule has 1 aromatic carbocycles. The van der Waals surface area contributed by atoms with Crippen LogP contribution in [0.25, 0.3) is 5.69 Å². The van der Waals surface area contributed by atoms with Crippen molar-refractivity contribution in [2.24, 2.45) is 0 Å². The highest BCUT2D eigenvalue weighted by molar-refractivity contribution is 5.78. The minimum absolute atomic E-state index is 0.116. The summed E-state index contributed by atoms with van der Waals surface area (Å²) in [5.41, 5.74) is 3.59. The second-order valence-electron chi connectivity index (χ2n) is 7.83. The lowest BCUT2D eigenvalue weighted by molar-refractivity contribution is -0.133. The van der Waals surface area contributed by atoms with E-state index in [0.29, 0.717) is 45.3 Å². The zero-order valence-corrected chi connectivity index (χ0v) is 17.8. The molecule has 2 N–H and O–H groups in total. The molecule has 0 saturated carbocycles. The predicted molar refractivity (Wildman–Crippen MR) is 120 cm³/mol. The highest BCUT2D eigenvalue weighted by atomic mass is 16.5. The van der Waals surface area contributed by atoms with E-state index in [1.54, 1.807) is 18.7 Å². The first-order valence-corrected chi connectivity index (χ1v) is 10.8. The van der Waals surface area contributed by atoms with Crippen LogP contribution in [0.3, 0.4) is 0 Å². The van der Waals surface area contributed by atoms with E-state index in [9.17, 15) is 4.79 Å². The van der Waals surface area contributed by atoms with Crippen LogP contribution in [0.15, 0.2) is 49.2 Å². The first kappa shape index (κ1) is 20.4. The minimum atomic E-state index is 0.116. The Morgan fingerprint density at radius 1 is 1.16 bits per heavy atom. The van der Waals surface area contributed by atoms with Crippen molar-refractivity contribution in [1.82, 2.24) is 29.3 Å². The number of amides is 1. The third-order valence-corrected chi connectivity index (χ3v) is 5.65. The van der Waals surface area contributed by atoms with Gasteiger partial charge in [0.25, 0.3) is 0 Å². The summed E-state index contributed by atoms with van der Waals surface area (Å²) in [7, 11) is 0. The highest BCUT2D eigenvalue weighted by Gasteiger charge is 2.23. The van der Waals surface area contributed by atoms with E-state index in [4.69, 9.17) is 9.72 Å². The molecule has 0 unspecified atom stereocenters. The quantitative estimate of drug-likeness (QED) is 0.623. The van der Waals surface area contributed by atoms with E-state index in [-0.39, 0.29) is 5.91 Å². The van der Waals surface area contributed by atoms with E-state index in [1.807, 2.05) is 39.9 Å². The fourth-order valence-electron chi connectivity index (χ4n) is 3.85. The smallest absolute Gasteiger partial charge is 0.237 e. The van der Waals surface area contributed by atoms with Gasteiger partial charge >= 0.3 is 0 Å². The Labute approximate surface area is 186 Å². The third-order valence-electron chi connectivity index (χ3n) is 5.65. The lowest BCUT2D eigenvalue weighted by Crippen LogP contribution is -2.45. The van der Waals surface area contributed by atoms with Crippen LogP contribution in [0.4, 0.5) is 17.3 Å². The van der Waals surface area contributed by atoms with Gasteiger partial charge in [0, 0.05) is 49.9 Å². The van der Waals surface area contributed by atoms with Crippen LogP contribution in [0.1, 0.15) is 5.69 Å². The summed E-state index contributed by atoms with van der Waals surface area (Å²) in [4.78, 5) is 30.1. The Hall–Kier alpha value is -3.50. The van der Waals surface area contributed by atoms with Crippen LogP contribution >= 0.6 is 0 Å². The zero-order valence-electron chi connectivity index (χ0n) is 17.8. The number of ether oxygens (including phenoxy) is 1. The molecule has 1 saturated heterocycles. The first-order chi connectivity index (χ1) is 15.7. The van der Waals surface area contributed by atoms with Gasteiger partial charge in [-0.05, 0) is 24.3 Å². The molecule has 2 aromatic heterocycles. The number of benzene rings is 1. The summed E-state index contributed by atoms with van der Waals surface area (Å²) in [6, 6.07) is 7.95. The summed E-state index contributed by atoms with van der Waals surface area (Å²) in [6.45, 7) is 5.15. The molecule has 0 atom stereocenters. The molecular weight excluding hydrogens is 408 g/mol. The summed E-state index contributed by atoms with van der Waals surface area (Å²) in [6.07, 6.45) is 7.19. The maximum absolute atomic E-state index is 12.9. The number of carbonyl (C=O) groups excluding carboxylic acids is 1. The zero-order chi connectivity index (χ0) is 21.8. The Bertz CT molecular complexity index is 1050. The number of carbonyl (C=O) groups is 1. The number of hydrogen-bond donors (Lipinski definition) is 2. The third kappa shape index (κ3) is 4.71. The van der Waals surface area contributed by atoms with E-state index >= 15 is 0 Å². The molecule has 3 aromatic rings. The normalized spacial score (nSPS) is 16.7. The Morgan fingerprint density at radius 3 is 2.78 bits per heavy atom.